The highest BCUT2D eigenvalue weighted by atomic mass is 16.5. The third kappa shape index (κ3) is 1.80. The van der Waals surface area contributed by atoms with Gasteiger partial charge in [0.1, 0.15) is 5.69 Å². The Kier molecular flexibility index (Phi) is 2.87. The molecule has 0 radical (unpaired) electrons. The van der Waals surface area contributed by atoms with Gasteiger partial charge in [-0.3, -0.25) is 5.21 Å². The second-order valence-corrected chi connectivity index (χ2v) is 5.86. The predicted octanol–water partition coefficient (Wildman–Crippen LogP) is 2.57. The Hall–Kier alpha value is -2.47. The van der Waals surface area contributed by atoms with E-state index in [1.807, 2.05) is 18.2 Å². The van der Waals surface area contributed by atoms with Crippen LogP contribution in [0.4, 0.5) is 22.7 Å². The number of nitrogens with two attached hydrogens (primary N) is 2. The van der Waals surface area contributed by atoms with E-state index < -0.39 is 0 Å². The number of rotatable bonds is 1. The van der Waals surface area contributed by atoms with Crippen LogP contribution in [0.25, 0.3) is 10.8 Å². The van der Waals surface area contributed by atoms with E-state index in [1.54, 1.807) is 0 Å². The third-order valence-electron chi connectivity index (χ3n) is 4.48. The van der Waals surface area contributed by atoms with Gasteiger partial charge in [0.2, 0.25) is 5.96 Å². The summed E-state index contributed by atoms with van der Waals surface area (Å²) in [5, 5.41) is 13.0. The molecule has 6 heteroatoms. The van der Waals surface area contributed by atoms with E-state index in [2.05, 4.69) is 16.0 Å². The lowest BCUT2D eigenvalue weighted by Crippen LogP contribution is -2.36. The fourth-order valence-corrected chi connectivity index (χ4v) is 3.44. The Balaban J connectivity index is 2.01. The summed E-state index contributed by atoms with van der Waals surface area (Å²) in [5.74, 6) is 0.0393. The summed E-state index contributed by atoms with van der Waals surface area (Å²) in [5.41, 5.74) is 14.9. The minimum atomic E-state index is 0.0393. The van der Waals surface area contributed by atoms with E-state index in [0.29, 0.717) is 11.4 Å². The number of guanidine groups is 1. The van der Waals surface area contributed by atoms with E-state index in [4.69, 9.17) is 11.5 Å². The van der Waals surface area contributed by atoms with Gasteiger partial charge in [0.15, 0.2) is 0 Å². The topological polar surface area (TPSA) is 91.1 Å². The molecule has 0 spiro atoms. The van der Waals surface area contributed by atoms with Crippen LogP contribution in [-0.4, -0.2) is 24.3 Å². The molecule has 5 N–H and O–H groups in total. The molecule has 2 aromatic carbocycles. The Bertz CT molecular complexity index is 780. The fourth-order valence-electron chi connectivity index (χ4n) is 3.44. The highest BCUT2D eigenvalue weighted by Crippen LogP contribution is 2.45. The molecule has 2 aliphatic heterocycles. The van der Waals surface area contributed by atoms with Gasteiger partial charge in [-0.2, -0.15) is 5.06 Å². The second-order valence-electron chi connectivity index (χ2n) is 5.86. The first-order valence-electron chi connectivity index (χ1n) is 7.60. The van der Waals surface area contributed by atoms with Crippen molar-refractivity contribution in [3.8, 4) is 0 Å². The lowest BCUT2D eigenvalue weighted by atomic mass is 10.00. The molecule has 0 atom stereocenters. The first-order chi connectivity index (χ1) is 10.7. The number of hydrogen-bond acceptors (Lipinski definition) is 6. The normalized spacial score (nSPS) is 17.8. The highest BCUT2D eigenvalue weighted by Gasteiger charge is 2.25. The van der Waals surface area contributed by atoms with Gasteiger partial charge in [-0.1, -0.05) is 12.1 Å². The van der Waals surface area contributed by atoms with Crippen molar-refractivity contribution in [3.63, 3.8) is 0 Å². The van der Waals surface area contributed by atoms with Crippen LogP contribution < -0.4 is 21.4 Å². The highest BCUT2D eigenvalue weighted by molar-refractivity contribution is 6.19. The van der Waals surface area contributed by atoms with Crippen molar-refractivity contribution in [2.75, 3.05) is 28.8 Å². The lowest BCUT2D eigenvalue weighted by Gasteiger charge is -2.32. The average Bonchev–Trinajstić information content (AvgIpc) is 2.54. The standard InChI is InChI=1S/C16H19N5O/c17-11-9-13(20-7-2-1-3-8-20)10-5-4-6-12-14(10)15(11)21(22)16(18)19-12/h4-6,9,22H,1-3,7-8,17H2,(H2,18,19). The van der Waals surface area contributed by atoms with Crippen molar-refractivity contribution in [1.82, 2.24) is 0 Å². The summed E-state index contributed by atoms with van der Waals surface area (Å²) >= 11 is 0. The largest absolute Gasteiger partial charge is 0.397 e. The Labute approximate surface area is 128 Å². The molecule has 0 aromatic heterocycles. The number of anilines is 3. The summed E-state index contributed by atoms with van der Waals surface area (Å²) in [6.07, 6.45) is 3.67. The monoisotopic (exact) mass is 297 g/mol. The predicted molar refractivity (Wildman–Crippen MR) is 90.0 cm³/mol. The maximum atomic E-state index is 10.2. The Morgan fingerprint density at radius 3 is 2.64 bits per heavy atom. The van der Waals surface area contributed by atoms with Gasteiger partial charge in [0.25, 0.3) is 0 Å². The zero-order valence-corrected chi connectivity index (χ0v) is 12.3. The number of benzene rings is 2. The molecule has 2 aliphatic rings. The molecule has 0 saturated carbocycles. The van der Waals surface area contributed by atoms with E-state index in [-0.39, 0.29) is 5.96 Å². The van der Waals surface area contributed by atoms with E-state index in [9.17, 15) is 5.21 Å². The molecule has 6 nitrogen and oxygen atoms in total. The van der Waals surface area contributed by atoms with Crippen LogP contribution in [0.1, 0.15) is 19.3 Å². The molecule has 114 valence electrons. The van der Waals surface area contributed by atoms with E-state index in [1.165, 1.54) is 19.3 Å². The molecule has 0 aliphatic carbocycles. The second kappa shape index (κ2) is 4.78. The maximum Gasteiger partial charge on any atom is 0.225 e. The maximum absolute atomic E-state index is 10.2. The van der Waals surface area contributed by atoms with Gasteiger partial charge in [-0.25, -0.2) is 4.99 Å². The van der Waals surface area contributed by atoms with Gasteiger partial charge >= 0.3 is 0 Å². The summed E-state index contributed by atoms with van der Waals surface area (Å²) in [7, 11) is 0. The van der Waals surface area contributed by atoms with Gasteiger partial charge in [0, 0.05) is 29.5 Å². The third-order valence-corrected chi connectivity index (χ3v) is 4.48. The summed E-state index contributed by atoms with van der Waals surface area (Å²) in [4.78, 5) is 6.64. The Morgan fingerprint density at radius 1 is 1.09 bits per heavy atom. The quantitative estimate of drug-likeness (QED) is 0.704. The van der Waals surface area contributed by atoms with Crippen molar-refractivity contribution in [2.45, 2.75) is 19.3 Å². The van der Waals surface area contributed by atoms with Crippen LogP contribution >= 0.6 is 0 Å². The minimum absolute atomic E-state index is 0.0393. The van der Waals surface area contributed by atoms with Crippen LogP contribution in [-0.2, 0) is 0 Å². The number of piperidine rings is 1. The molecule has 2 heterocycles. The fraction of sp³-hybridized carbons (Fsp3) is 0.312. The Morgan fingerprint density at radius 2 is 1.86 bits per heavy atom. The number of nitrogen functional groups attached to an aromatic ring is 1. The molecule has 2 aromatic rings. The summed E-state index contributed by atoms with van der Waals surface area (Å²) in [6.45, 7) is 2.07. The van der Waals surface area contributed by atoms with Crippen molar-refractivity contribution < 1.29 is 5.21 Å². The number of hydroxylamine groups is 1. The van der Waals surface area contributed by atoms with Crippen LogP contribution in [0, 0.1) is 0 Å². The van der Waals surface area contributed by atoms with Crippen LogP contribution in [0.15, 0.2) is 29.3 Å². The van der Waals surface area contributed by atoms with Gasteiger partial charge in [-0.15, -0.1) is 0 Å². The smallest absolute Gasteiger partial charge is 0.225 e. The van der Waals surface area contributed by atoms with Gasteiger partial charge in [-0.05, 0) is 31.4 Å². The van der Waals surface area contributed by atoms with Gasteiger partial charge < -0.3 is 16.4 Å². The zero-order chi connectivity index (χ0) is 15.3. The van der Waals surface area contributed by atoms with Crippen LogP contribution in [0.2, 0.25) is 0 Å². The van der Waals surface area contributed by atoms with Crippen molar-refractivity contribution in [3.05, 3.63) is 24.3 Å². The SMILES string of the molecule is NC1=Nc2cccc3c(N4CCCCC4)cc(N)c(c23)N1O. The van der Waals surface area contributed by atoms with Gasteiger partial charge in [0.05, 0.1) is 11.4 Å². The van der Waals surface area contributed by atoms with E-state index >= 15 is 0 Å². The first kappa shape index (κ1) is 13.2. The molecule has 0 amide bonds. The molecular formula is C16H19N5O. The number of hydrogen-bond donors (Lipinski definition) is 3. The van der Waals surface area contributed by atoms with Crippen molar-refractivity contribution >= 4 is 39.5 Å². The van der Waals surface area contributed by atoms with Crippen molar-refractivity contribution in [2.24, 2.45) is 10.7 Å². The lowest BCUT2D eigenvalue weighted by molar-refractivity contribution is 0.312. The van der Waals surface area contributed by atoms with Crippen LogP contribution in [0.5, 0.6) is 0 Å². The average molecular weight is 297 g/mol. The molecule has 1 fully saturated rings. The molecule has 0 bridgehead atoms. The number of aliphatic imine (C=N–C) groups is 1. The molecular weight excluding hydrogens is 278 g/mol. The summed E-state index contributed by atoms with van der Waals surface area (Å²) < 4.78 is 0. The molecule has 0 unspecified atom stereocenters. The molecule has 4 rings (SSSR count). The first-order valence-corrected chi connectivity index (χ1v) is 7.60. The zero-order valence-electron chi connectivity index (χ0n) is 12.3. The van der Waals surface area contributed by atoms with E-state index in [0.717, 1.165) is 40.3 Å². The van der Waals surface area contributed by atoms with Crippen molar-refractivity contribution in [1.29, 1.82) is 0 Å². The molecule has 22 heavy (non-hydrogen) atoms. The number of nitrogens with zero attached hydrogens (tertiary/aromatic N) is 3. The minimum Gasteiger partial charge on any atom is -0.397 e. The molecule has 1 saturated heterocycles. The summed E-state index contributed by atoms with van der Waals surface area (Å²) in [6, 6.07) is 7.85. The van der Waals surface area contributed by atoms with Crippen LogP contribution in [0.3, 0.4) is 0 Å².